The van der Waals surface area contributed by atoms with Gasteiger partial charge in [0.1, 0.15) is 5.75 Å². The maximum atomic E-state index is 11.7. The summed E-state index contributed by atoms with van der Waals surface area (Å²) < 4.78 is 5.12. The van der Waals surface area contributed by atoms with E-state index in [0.717, 1.165) is 25.7 Å². The molecule has 3 rings (SSSR count). The number of fused-ring (bicyclic) bond motifs is 1. The molecule has 1 aromatic carbocycles. The van der Waals surface area contributed by atoms with Gasteiger partial charge in [-0.2, -0.15) is 0 Å². The number of esters is 1. The van der Waals surface area contributed by atoms with E-state index < -0.39 is 0 Å². The van der Waals surface area contributed by atoms with E-state index in [1.54, 1.807) is 0 Å². The second kappa shape index (κ2) is 6.69. The Hall–Kier alpha value is -1.90. The van der Waals surface area contributed by atoms with Crippen LogP contribution in [0.4, 0.5) is 0 Å². The highest BCUT2D eigenvalue weighted by molar-refractivity contribution is 5.91. The fraction of sp³-hybridized carbons (Fsp3) is 0.500. The van der Waals surface area contributed by atoms with Crippen LogP contribution in [0.15, 0.2) is 35.9 Å². The molecule has 0 saturated heterocycles. The molecule has 1 aromatic rings. The van der Waals surface area contributed by atoms with Crippen LogP contribution < -0.4 is 4.74 Å². The van der Waals surface area contributed by atoms with Crippen LogP contribution >= 0.6 is 0 Å². The van der Waals surface area contributed by atoms with Gasteiger partial charge in [-0.25, -0.2) is 0 Å². The van der Waals surface area contributed by atoms with Crippen molar-refractivity contribution >= 4 is 11.8 Å². The molecule has 3 nitrogen and oxygen atoms in total. The minimum atomic E-state index is -0.288. The summed E-state index contributed by atoms with van der Waals surface area (Å²) in [5, 5.41) is 0. The molecule has 0 N–H and O–H groups in total. The molecule has 3 heteroatoms. The second-order valence-electron chi connectivity index (χ2n) is 6.71. The van der Waals surface area contributed by atoms with Crippen LogP contribution in [0, 0.1) is 11.8 Å². The molecule has 0 spiro atoms. The maximum Gasteiger partial charge on any atom is 0.308 e. The van der Waals surface area contributed by atoms with Crippen molar-refractivity contribution in [3.63, 3.8) is 0 Å². The van der Waals surface area contributed by atoms with E-state index in [0.29, 0.717) is 35.7 Å². The van der Waals surface area contributed by atoms with Gasteiger partial charge < -0.3 is 4.74 Å². The summed E-state index contributed by atoms with van der Waals surface area (Å²) in [7, 11) is 0. The first-order chi connectivity index (χ1) is 11.1. The van der Waals surface area contributed by atoms with E-state index in [4.69, 9.17) is 4.74 Å². The summed E-state index contributed by atoms with van der Waals surface area (Å²) in [6.07, 6.45) is 6.88. The fourth-order valence-electron chi connectivity index (χ4n) is 4.36. The van der Waals surface area contributed by atoms with Crippen molar-refractivity contribution in [2.45, 2.75) is 51.9 Å². The first-order valence-corrected chi connectivity index (χ1v) is 8.60. The highest BCUT2D eigenvalue weighted by Crippen LogP contribution is 2.48. The minimum Gasteiger partial charge on any atom is -0.427 e. The zero-order valence-corrected chi connectivity index (χ0v) is 13.9. The first-order valence-electron chi connectivity index (χ1n) is 8.60. The number of rotatable bonds is 3. The predicted octanol–water partition coefficient (Wildman–Crippen LogP) is 4.42. The van der Waals surface area contributed by atoms with Gasteiger partial charge in [-0.05, 0) is 60.8 Å². The Morgan fingerprint density at radius 3 is 2.48 bits per heavy atom. The number of benzene rings is 1. The number of hydrogen-bond donors (Lipinski definition) is 0. The lowest BCUT2D eigenvalue weighted by atomic mass is 9.63. The van der Waals surface area contributed by atoms with Crippen molar-refractivity contribution < 1.29 is 14.3 Å². The summed E-state index contributed by atoms with van der Waals surface area (Å²) >= 11 is 0. The molecule has 0 unspecified atom stereocenters. The maximum absolute atomic E-state index is 11.7. The summed E-state index contributed by atoms with van der Waals surface area (Å²) in [4.78, 5) is 22.7. The van der Waals surface area contributed by atoms with E-state index >= 15 is 0 Å². The van der Waals surface area contributed by atoms with Gasteiger partial charge in [-0.15, -0.1) is 0 Å². The molecule has 23 heavy (non-hydrogen) atoms. The molecular formula is C20H24O3. The zero-order chi connectivity index (χ0) is 16.4. The average Bonchev–Trinajstić information content (AvgIpc) is 2.54. The molecule has 1 saturated carbocycles. The van der Waals surface area contributed by atoms with Crippen LogP contribution in [0.5, 0.6) is 5.75 Å². The third-order valence-electron chi connectivity index (χ3n) is 5.34. The highest BCUT2D eigenvalue weighted by atomic mass is 16.5. The molecular weight excluding hydrogens is 288 g/mol. The molecule has 0 aromatic heterocycles. The van der Waals surface area contributed by atoms with Gasteiger partial charge in [0.05, 0.1) is 0 Å². The first kappa shape index (κ1) is 16.0. The Morgan fingerprint density at radius 1 is 1.13 bits per heavy atom. The molecule has 3 atom stereocenters. The molecule has 2 aliphatic carbocycles. The largest absolute Gasteiger partial charge is 0.427 e. The lowest BCUT2D eigenvalue weighted by molar-refractivity contribution is -0.131. The standard InChI is InChI=1S/C20H24O3/c1-3-18-19(10-6-15-12-16(22)7-11-20(15)18)14-4-8-17(9-5-14)23-13(2)21/h4-5,8-9,12,18-20H,3,6-7,10-11H2,1-2H3/t18-,19-,20-/m0/s1. The van der Waals surface area contributed by atoms with E-state index in [9.17, 15) is 9.59 Å². The molecule has 0 amide bonds. The summed E-state index contributed by atoms with van der Waals surface area (Å²) in [6.45, 7) is 3.67. The number of ether oxygens (including phenoxy) is 1. The molecule has 0 bridgehead atoms. The lowest BCUT2D eigenvalue weighted by Gasteiger charge is -2.41. The Kier molecular flexibility index (Phi) is 4.65. The van der Waals surface area contributed by atoms with Crippen molar-refractivity contribution in [2.75, 3.05) is 0 Å². The molecule has 0 heterocycles. The average molecular weight is 312 g/mol. The van der Waals surface area contributed by atoms with Gasteiger partial charge in [-0.1, -0.05) is 31.1 Å². The summed E-state index contributed by atoms with van der Waals surface area (Å²) in [5.41, 5.74) is 2.70. The number of allylic oxidation sites excluding steroid dienone is 2. The van der Waals surface area contributed by atoms with Gasteiger partial charge in [-0.3, -0.25) is 9.59 Å². The van der Waals surface area contributed by atoms with Gasteiger partial charge in [0, 0.05) is 13.3 Å². The monoisotopic (exact) mass is 312 g/mol. The van der Waals surface area contributed by atoms with E-state index in [-0.39, 0.29) is 5.97 Å². The second-order valence-corrected chi connectivity index (χ2v) is 6.71. The van der Waals surface area contributed by atoms with E-state index in [1.165, 1.54) is 18.1 Å². The smallest absolute Gasteiger partial charge is 0.308 e. The van der Waals surface area contributed by atoms with E-state index in [2.05, 4.69) is 19.1 Å². The molecule has 2 aliphatic rings. The van der Waals surface area contributed by atoms with E-state index in [1.807, 2.05) is 18.2 Å². The fourth-order valence-corrected chi connectivity index (χ4v) is 4.36. The van der Waals surface area contributed by atoms with Crippen LogP contribution in [0.2, 0.25) is 0 Å². The lowest BCUT2D eigenvalue weighted by Crippen LogP contribution is -2.31. The normalized spacial score (nSPS) is 27.1. The quantitative estimate of drug-likeness (QED) is 0.613. The van der Waals surface area contributed by atoms with Crippen LogP contribution in [0.1, 0.15) is 57.4 Å². The van der Waals surface area contributed by atoms with Crippen molar-refractivity contribution in [3.05, 3.63) is 41.5 Å². The van der Waals surface area contributed by atoms with Gasteiger partial charge in [0.15, 0.2) is 5.78 Å². The van der Waals surface area contributed by atoms with Crippen molar-refractivity contribution in [3.8, 4) is 5.75 Å². The Labute approximate surface area is 137 Å². The molecule has 0 radical (unpaired) electrons. The number of ketones is 1. The Bertz CT molecular complexity index is 627. The molecule has 1 fully saturated rings. The number of carbonyl (C=O) groups is 2. The summed E-state index contributed by atoms with van der Waals surface area (Å²) in [6, 6.07) is 7.96. The Balaban J connectivity index is 1.81. The third kappa shape index (κ3) is 3.39. The topological polar surface area (TPSA) is 43.4 Å². The van der Waals surface area contributed by atoms with Crippen molar-refractivity contribution in [1.82, 2.24) is 0 Å². The SMILES string of the molecule is CC[C@@H]1[C@H]2CCC(=O)C=C2CC[C@H]1c1ccc(OC(C)=O)cc1. The molecule has 0 aliphatic heterocycles. The molecule has 122 valence electrons. The van der Waals surface area contributed by atoms with Gasteiger partial charge in [0.25, 0.3) is 0 Å². The van der Waals surface area contributed by atoms with Crippen LogP contribution in [0.25, 0.3) is 0 Å². The van der Waals surface area contributed by atoms with Crippen molar-refractivity contribution in [2.24, 2.45) is 11.8 Å². The van der Waals surface area contributed by atoms with Crippen LogP contribution in [-0.4, -0.2) is 11.8 Å². The van der Waals surface area contributed by atoms with Gasteiger partial charge >= 0.3 is 5.97 Å². The highest BCUT2D eigenvalue weighted by Gasteiger charge is 2.37. The zero-order valence-electron chi connectivity index (χ0n) is 13.9. The third-order valence-corrected chi connectivity index (χ3v) is 5.34. The minimum absolute atomic E-state index is 0.288. The number of carbonyl (C=O) groups excluding carboxylic acids is 2. The van der Waals surface area contributed by atoms with Crippen molar-refractivity contribution in [1.29, 1.82) is 0 Å². The van der Waals surface area contributed by atoms with Crippen LogP contribution in [0.3, 0.4) is 0 Å². The van der Waals surface area contributed by atoms with Crippen LogP contribution in [-0.2, 0) is 9.59 Å². The predicted molar refractivity (Wildman–Crippen MR) is 89.3 cm³/mol. The Morgan fingerprint density at radius 2 is 1.83 bits per heavy atom. The van der Waals surface area contributed by atoms with Gasteiger partial charge in [0.2, 0.25) is 0 Å². The number of hydrogen-bond acceptors (Lipinski definition) is 3. The summed E-state index contributed by atoms with van der Waals surface area (Å²) in [5.74, 6) is 2.31.